The molecule has 2 N–H and O–H groups in total. The highest BCUT2D eigenvalue weighted by atomic mass is 16.3. The fourth-order valence-electron chi connectivity index (χ4n) is 4.19. The number of aliphatic hydroxyl groups excluding tert-OH is 2. The topological polar surface area (TPSA) is 40.5 Å². The van der Waals surface area contributed by atoms with Crippen LogP contribution in [0.25, 0.3) is 0 Å². The van der Waals surface area contributed by atoms with E-state index in [0.717, 1.165) is 5.92 Å². The number of rotatable bonds is 3. The van der Waals surface area contributed by atoms with Gasteiger partial charge in [0.1, 0.15) is 0 Å². The lowest BCUT2D eigenvalue weighted by Crippen LogP contribution is -2.48. The van der Waals surface area contributed by atoms with Gasteiger partial charge in [0, 0.05) is 5.41 Å². The molecule has 3 atom stereocenters. The van der Waals surface area contributed by atoms with Crippen LogP contribution in [0, 0.1) is 29.1 Å². The molecule has 2 nitrogen and oxygen atoms in total. The Bertz CT molecular complexity index is 221. The van der Waals surface area contributed by atoms with Gasteiger partial charge in [-0.3, -0.25) is 0 Å². The molecule has 15 heavy (non-hydrogen) atoms. The summed E-state index contributed by atoms with van der Waals surface area (Å²) in [4.78, 5) is 0. The van der Waals surface area contributed by atoms with Gasteiger partial charge in [-0.1, -0.05) is 20.3 Å². The largest absolute Gasteiger partial charge is 0.396 e. The van der Waals surface area contributed by atoms with E-state index in [-0.39, 0.29) is 18.6 Å². The molecule has 0 unspecified atom stereocenters. The van der Waals surface area contributed by atoms with E-state index in [0.29, 0.717) is 17.8 Å². The van der Waals surface area contributed by atoms with Crippen LogP contribution in [-0.4, -0.2) is 23.4 Å². The molecular formula is C13H24O2. The lowest BCUT2D eigenvalue weighted by Gasteiger charge is -2.48. The first kappa shape index (κ1) is 11.4. The van der Waals surface area contributed by atoms with Gasteiger partial charge in [-0.15, -0.1) is 0 Å². The molecule has 88 valence electrons. The van der Waals surface area contributed by atoms with Gasteiger partial charge in [0.2, 0.25) is 0 Å². The van der Waals surface area contributed by atoms with Gasteiger partial charge in [-0.05, 0) is 42.9 Å². The second-order valence-corrected chi connectivity index (χ2v) is 6.01. The quantitative estimate of drug-likeness (QED) is 0.751. The van der Waals surface area contributed by atoms with Crippen molar-refractivity contribution in [1.29, 1.82) is 0 Å². The van der Waals surface area contributed by atoms with Crippen LogP contribution in [-0.2, 0) is 0 Å². The van der Waals surface area contributed by atoms with Gasteiger partial charge < -0.3 is 10.2 Å². The zero-order valence-corrected chi connectivity index (χ0v) is 9.95. The van der Waals surface area contributed by atoms with E-state index in [1.54, 1.807) is 0 Å². The normalized spacial score (nSPS) is 38.6. The van der Waals surface area contributed by atoms with Gasteiger partial charge in [0.25, 0.3) is 0 Å². The Balaban J connectivity index is 2.28. The molecule has 2 saturated carbocycles. The molecular weight excluding hydrogens is 188 g/mol. The third-order valence-corrected chi connectivity index (χ3v) is 5.07. The molecule has 0 spiro atoms. The number of aliphatic hydroxyl groups is 2. The minimum Gasteiger partial charge on any atom is -0.396 e. The third kappa shape index (κ3) is 1.62. The summed E-state index contributed by atoms with van der Waals surface area (Å²) in [6.07, 6.45) is 4.99. The molecule has 0 aromatic rings. The standard InChI is InChI=1S/C13H24O2/c1-9(2)12-6-10-3-4-11(5-10)13(12,7-14)8-15/h9-12,14-15H,3-8H2,1-2H3/t10-,11+,12+/m0/s1. The highest BCUT2D eigenvalue weighted by Gasteiger charge is 2.52. The maximum atomic E-state index is 9.72. The molecule has 0 aliphatic heterocycles. The molecule has 0 heterocycles. The van der Waals surface area contributed by atoms with Crippen molar-refractivity contribution < 1.29 is 10.2 Å². The Kier molecular flexibility index (Phi) is 3.09. The average molecular weight is 212 g/mol. The first-order chi connectivity index (χ1) is 7.14. The van der Waals surface area contributed by atoms with Gasteiger partial charge in [0.05, 0.1) is 13.2 Å². The van der Waals surface area contributed by atoms with Crippen molar-refractivity contribution >= 4 is 0 Å². The predicted molar refractivity (Wildman–Crippen MR) is 60.4 cm³/mol. The molecule has 0 amide bonds. The molecule has 0 aromatic heterocycles. The predicted octanol–water partition coefficient (Wildman–Crippen LogP) is 2.05. The van der Waals surface area contributed by atoms with E-state index in [4.69, 9.17) is 0 Å². The SMILES string of the molecule is CC(C)[C@H]1C[C@H]2CC[C@H](C2)C1(CO)CO. The van der Waals surface area contributed by atoms with E-state index < -0.39 is 0 Å². The van der Waals surface area contributed by atoms with Crippen LogP contribution in [0.15, 0.2) is 0 Å². The van der Waals surface area contributed by atoms with Crippen LogP contribution >= 0.6 is 0 Å². The molecule has 2 heteroatoms. The summed E-state index contributed by atoms with van der Waals surface area (Å²) >= 11 is 0. The van der Waals surface area contributed by atoms with Crippen LogP contribution in [0.1, 0.15) is 39.5 Å². The molecule has 2 bridgehead atoms. The van der Waals surface area contributed by atoms with Crippen molar-refractivity contribution in [2.75, 3.05) is 13.2 Å². The minimum absolute atomic E-state index is 0.170. The third-order valence-electron chi connectivity index (χ3n) is 5.07. The number of hydrogen-bond acceptors (Lipinski definition) is 2. The van der Waals surface area contributed by atoms with Gasteiger partial charge in [-0.25, -0.2) is 0 Å². The first-order valence-corrected chi connectivity index (χ1v) is 6.35. The summed E-state index contributed by atoms with van der Waals surface area (Å²) in [5.41, 5.74) is -0.179. The van der Waals surface area contributed by atoms with Crippen LogP contribution in [0.3, 0.4) is 0 Å². The minimum atomic E-state index is -0.179. The van der Waals surface area contributed by atoms with Crippen LogP contribution in [0.4, 0.5) is 0 Å². The van der Waals surface area contributed by atoms with Crippen LogP contribution in [0.5, 0.6) is 0 Å². The van der Waals surface area contributed by atoms with Crippen LogP contribution in [0.2, 0.25) is 0 Å². The molecule has 0 radical (unpaired) electrons. The van der Waals surface area contributed by atoms with E-state index >= 15 is 0 Å². The van der Waals surface area contributed by atoms with Gasteiger partial charge >= 0.3 is 0 Å². The average Bonchev–Trinajstić information content (AvgIpc) is 2.63. The summed E-state index contributed by atoms with van der Waals surface area (Å²) in [5, 5.41) is 19.4. The molecule has 0 saturated heterocycles. The molecule has 2 aliphatic rings. The number of fused-ring (bicyclic) bond motifs is 2. The van der Waals surface area contributed by atoms with E-state index in [9.17, 15) is 10.2 Å². The smallest absolute Gasteiger partial charge is 0.0514 e. The lowest BCUT2D eigenvalue weighted by molar-refractivity contribution is -0.0813. The zero-order chi connectivity index (χ0) is 11.1. The summed E-state index contributed by atoms with van der Waals surface area (Å²) in [5.74, 6) is 2.53. The van der Waals surface area contributed by atoms with Crippen molar-refractivity contribution in [2.45, 2.75) is 39.5 Å². The maximum absolute atomic E-state index is 9.72. The maximum Gasteiger partial charge on any atom is 0.0514 e. The van der Waals surface area contributed by atoms with Crippen molar-refractivity contribution in [3.05, 3.63) is 0 Å². The van der Waals surface area contributed by atoms with Gasteiger partial charge in [0.15, 0.2) is 0 Å². The highest BCUT2D eigenvalue weighted by molar-refractivity contribution is 5.01. The fourth-order valence-corrected chi connectivity index (χ4v) is 4.19. The molecule has 2 aliphatic carbocycles. The summed E-state index contributed by atoms with van der Waals surface area (Å²) in [6.45, 7) is 4.80. The summed E-state index contributed by atoms with van der Waals surface area (Å²) in [7, 11) is 0. The monoisotopic (exact) mass is 212 g/mol. The van der Waals surface area contributed by atoms with Crippen molar-refractivity contribution in [3.63, 3.8) is 0 Å². The van der Waals surface area contributed by atoms with Crippen molar-refractivity contribution in [3.8, 4) is 0 Å². The van der Waals surface area contributed by atoms with Gasteiger partial charge in [-0.2, -0.15) is 0 Å². The first-order valence-electron chi connectivity index (χ1n) is 6.35. The fraction of sp³-hybridized carbons (Fsp3) is 1.00. The molecule has 2 rings (SSSR count). The Morgan fingerprint density at radius 1 is 1.13 bits per heavy atom. The highest BCUT2D eigenvalue weighted by Crippen LogP contribution is 2.56. The van der Waals surface area contributed by atoms with E-state index in [1.165, 1.54) is 25.7 Å². The van der Waals surface area contributed by atoms with Crippen molar-refractivity contribution in [1.82, 2.24) is 0 Å². The lowest BCUT2D eigenvalue weighted by atomic mass is 9.58. The molecule has 0 aromatic carbocycles. The Morgan fingerprint density at radius 2 is 1.80 bits per heavy atom. The van der Waals surface area contributed by atoms with E-state index in [1.807, 2.05) is 0 Å². The Hall–Kier alpha value is -0.0800. The van der Waals surface area contributed by atoms with Crippen LogP contribution < -0.4 is 0 Å². The Labute approximate surface area is 92.7 Å². The second kappa shape index (κ2) is 4.06. The summed E-state index contributed by atoms with van der Waals surface area (Å²) < 4.78 is 0. The van der Waals surface area contributed by atoms with Crippen molar-refractivity contribution in [2.24, 2.45) is 29.1 Å². The number of hydrogen-bond donors (Lipinski definition) is 2. The Morgan fingerprint density at radius 3 is 2.33 bits per heavy atom. The molecule has 2 fully saturated rings. The second-order valence-electron chi connectivity index (χ2n) is 6.01. The van der Waals surface area contributed by atoms with E-state index in [2.05, 4.69) is 13.8 Å². The zero-order valence-electron chi connectivity index (χ0n) is 9.95. The summed E-state index contributed by atoms with van der Waals surface area (Å²) in [6, 6.07) is 0.